The molecule has 0 spiro atoms. The molecule has 0 bridgehead atoms. The van der Waals surface area contributed by atoms with Gasteiger partial charge in [-0.05, 0) is 12.8 Å². The third kappa shape index (κ3) is 4.65. The van der Waals surface area contributed by atoms with Crippen LogP contribution in [-0.2, 0) is 10.0 Å². The fourth-order valence-corrected chi connectivity index (χ4v) is 3.58. The monoisotopic (exact) mass is 489 g/mol. The summed E-state index contributed by atoms with van der Waals surface area (Å²) in [4.78, 5) is 16.4. The summed E-state index contributed by atoms with van der Waals surface area (Å²) < 4.78 is 68.5. The molecular weight excluding hydrogens is 471 g/mol. The number of amides is 1. The lowest BCUT2D eigenvalue weighted by atomic mass is 10.0. The van der Waals surface area contributed by atoms with Gasteiger partial charge in [0.05, 0.1) is 23.6 Å². The van der Waals surface area contributed by atoms with Crippen LogP contribution in [0.4, 0.5) is 19.0 Å². The standard InChI is InChI=1S/C19H19ClF3N5O3S/c1-8(2)9(3)25-18-15(14-12(22)5-10(21)6-13(14)23)16(20)26-17-11(7-24-28(17)18)19(29)27-32(4,30)31/h5-9,25H,1-4H3,(H,27,29)/t9-/m1/s1. The van der Waals surface area contributed by atoms with E-state index in [0.717, 1.165) is 17.0 Å². The summed E-state index contributed by atoms with van der Waals surface area (Å²) in [6, 6.07) is 0.741. The van der Waals surface area contributed by atoms with E-state index in [-0.39, 0.29) is 34.6 Å². The number of hydrogen-bond acceptors (Lipinski definition) is 6. The van der Waals surface area contributed by atoms with E-state index < -0.39 is 44.1 Å². The number of fused-ring (bicyclic) bond motifs is 1. The van der Waals surface area contributed by atoms with Gasteiger partial charge in [-0.15, -0.1) is 0 Å². The molecule has 0 radical (unpaired) electrons. The van der Waals surface area contributed by atoms with Crippen molar-refractivity contribution in [3.8, 4) is 11.1 Å². The number of aromatic nitrogens is 3. The van der Waals surface area contributed by atoms with Crippen LogP contribution < -0.4 is 10.0 Å². The van der Waals surface area contributed by atoms with Crippen molar-refractivity contribution in [2.75, 3.05) is 11.6 Å². The summed E-state index contributed by atoms with van der Waals surface area (Å²) in [5.41, 5.74) is -1.26. The van der Waals surface area contributed by atoms with Crippen LogP contribution in [0.2, 0.25) is 5.15 Å². The average Bonchev–Trinajstić information content (AvgIpc) is 3.05. The largest absolute Gasteiger partial charge is 0.367 e. The molecule has 2 heterocycles. The Labute approximate surface area is 186 Å². The van der Waals surface area contributed by atoms with Gasteiger partial charge in [-0.1, -0.05) is 25.4 Å². The van der Waals surface area contributed by atoms with Crippen molar-refractivity contribution in [2.24, 2.45) is 5.92 Å². The second-order valence-corrected chi connectivity index (χ2v) is 9.65. The second kappa shape index (κ2) is 8.58. The zero-order valence-electron chi connectivity index (χ0n) is 17.4. The molecule has 1 amide bonds. The first-order valence-corrected chi connectivity index (χ1v) is 11.6. The Morgan fingerprint density at radius 3 is 2.25 bits per heavy atom. The molecule has 0 aliphatic heterocycles. The minimum Gasteiger partial charge on any atom is -0.367 e. The van der Waals surface area contributed by atoms with Crippen LogP contribution in [0, 0.1) is 23.4 Å². The zero-order valence-corrected chi connectivity index (χ0v) is 18.9. The van der Waals surface area contributed by atoms with Gasteiger partial charge in [0.2, 0.25) is 10.0 Å². The molecule has 3 rings (SSSR count). The molecule has 1 aromatic carbocycles. The van der Waals surface area contributed by atoms with Gasteiger partial charge in [0, 0.05) is 18.2 Å². The number of carbonyl (C=O) groups is 1. The van der Waals surface area contributed by atoms with Crippen LogP contribution in [0.5, 0.6) is 0 Å². The first kappa shape index (κ1) is 23.8. The van der Waals surface area contributed by atoms with E-state index in [1.54, 1.807) is 11.6 Å². The van der Waals surface area contributed by atoms with Crippen LogP contribution in [0.25, 0.3) is 16.8 Å². The second-order valence-electron chi connectivity index (χ2n) is 7.54. The number of nitrogens with one attached hydrogen (secondary N) is 2. The van der Waals surface area contributed by atoms with Gasteiger partial charge >= 0.3 is 0 Å². The summed E-state index contributed by atoms with van der Waals surface area (Å²) in [7, 11) is -3.88. The quantitative estimate of drug-likeness (QED) is 0.512. The highest BCUT2D eigenvalue weighted by Gasteiger charge is 2.27. The highest BCUT2D eigenvalue weighted by Crippen LogP contribution is 2.39. The maximum absolute atomic E-state index is 14.6. The minimum absolute atomic E-state index is 0.0102. The number of anilines is 1. The highest BCUT2D eigenvalue weighted by atomic mass is 35.5. The summed E-state index contributed by atoms with van der Waals surface area (Å²) >= 11 is 6.29. The molecular formula is C19H19ClF3N5O3S. The van der Waals surface area contributed by atoms with E-state index >= 15 is 0 Å². The van der Waals surface area contributed by atoms with Crippen molar-refractivity contribution in [1.82, 2.24) is 19.3 Å². The fourth-order valence-electron chi connectivity index (χ4n) is 2.87. The van der Waals surface area contributed by atoms with Gasteiger partial charge in [0.15, 0.2) is 5.65 Å². The molecule has 2 N–H and O–H groups in total. The highest BCUT2D eigenvalue weighted by molar-refractivity contribution is 7.89. The minimum atomic E-state index is -3.88. The van der Waals surface area contributed by atoms with E-state index in [1.165, 1.54) is 0 Å². The molecule has 0 aliphatic rings. The Bertz CT molecular complexity index is 1300. The molecule has 32 heavy (non-hydrogen) atoms. The van der Waals surface area contributed by atoms with Crippen LogP contribution in [0.3, 0.4) is 0 Å². The number of carbonyl (C=O) groups excluding carboxylic acids is 1. The molecule has 0 unspecified atom stereocenters. The van der Waals surface area contributed by atoms with Crippen LogP contribution >= 0.6 is 11.6 Å². The number of halogens is 4. The van der Waals surface area contributed by atoms with E-state index in [2.05, 4.69) is 15.4 Å². The first-order valence-electron chi connectivity index (χ1n) is 9.31. The van der Waals surface area contributed by atoms with Gasteiger partial charge in [-0.3, -0.25) is 4.79 Å². The molecule has 0 fully saturated rings. The smallest absolute Gasteiger partial charge is 0.270 e. The lowest BCUT2D eigenvalue weighted by Gasteiger charge is -2.22. The van der Waals surface area contributed by atoms with E-state index in [9.17, 15) is 26.4 Å². The number of nitrogens with zero attached hydrogens (tertiary/aromatic N) is 3. The number of benzene rings is 1. The maximum Gasteiger partial charge on any atom is 0.270 e. The predicted octanol–water partition coefficient (Wildman–Crippen LogP) is 3.61. The summed E-state index contributed by atoms with van der Waals surface area (Å²) in [5.74, 6) is -4.51. The summed E-state index contributed by atoms with van der Waals surface area (Å²) in [6.45, 7) is 5.59. The van der Waals surface area contributed by atoms with Crippen molar-refractivity contribution >= 4 is 39.0 Å². The Morgan fingerprint density at radius 1 is 1.12 bits per heavy atom. The van der Waals surface area contributed by atoms with E-state index in [0.29, 0.717) is 12.1 Å². The number of hydrogen-bond donors (Lipinski definition) is 2. The first-order chi connectivity index (χ1) is 14.8. The molecule has 0 aliphatic carbocycles. The summed E-state index contributed by atoms with van der Waals surface area (Å²) in [5, 5.41) is 6.70. The van der Waals surface area contributed by atoms with Gasteiger partial charge in [-0.2, -0.15) is 9.61 Å². The topological polar surface area (TPSA) is 105 Å². The van der Waals surface area contributed by atoms with Crippen molar-refractivity contribution in [2.45, 2.75) is 26.8 Å². The Hall–Kier alpha value is -2.86. The molecule has 8 nitrogen and oxygen atoms in total. The average molecular weight is 490 g/mol. The Kier molecular flexibility index (Phi) is 6.38. The van der Waals surface area contributed by atoms with Crippen LogP contribution in [0.1, 0.15) is 31.1 Å². The van der Waals surface area contributed by atoms with Crippen molar-refractivity contribution in [1.29, 1.82) is 0 Å². The van der Waals surface area contributed by atoms with Crippen molar-refractivity contribution in [3.05, 3.63) is 46.5 Å². The van der Waals surface area contributed by atoms with Crippen LogP contribution in [-0.4, -0.2) is 41.2 Å². The molecule has 0 saturated carbocycles. The maximum atomic E-state index is 14.6. The Morgan fingerprint density at radius 2 is 1.72 bits per heavy atom. The lowest BCUT2D eigenvalue weighted by Crippen LogP contribution is -2.29. The Balaban J connectivity index is 2.34. The molecule has 2 aromatic heterocycles. The molecule has 13 heteroatoms. The third-order valence-electron chi connectivity index (χ3n) is 4.75. The number of sulfonamides is 1. The van der Waals surface area contributed by atoms with Crippen molar-refractivity contribution < 1.29 is 26.4 Å². The van der Waals surface area contributed by atoms with E-state index in [4.69, 9.17) is 11.6 Å². The van der Waals surface area contributed by atoms with Crippen LogP contribution in [0.15, 0.2) is 18.3 Å². The zero-order chi connectivity index (χ0) is 24.0. The molecule has 3 aromatic rings. The molecule has 0 saturated heterocycles. The van der Waals surface area contributed by atoms with Gasteiger partial charge in [0.25, 0.3) is 5.91 Å². The predicted molar refractivity (Wildman–Crippen MR) is 114 cm³/mol. The summed E-state index contributed by atoms with van der Waals surface area (Å²) in [6.07, 6.45) is 1.85. The van der Waals surface area contributed by atoms with Gasteiger partial charge in [0.1, 0.15) is 34.0 Å². The van der Waals surface area contributed by atoms with E-state index in [1.807, 2.05) is 13.8 Å². The van der Waals surface area contributed by atoms with Crippen molar-refractivity contribution in [3.63, 3.8) is 0 Å². The number of rotatable bonds is 6. The third-order valence-corrected chi connectivity index (χ3v) is 5.58. The molecule has 1 atom stereocenters. The van der Waals surface area contributed by atoms with Gasteiger partial charge < -0.3 is 5.32 Å². The normalized spacial score (nSPS) is 12.9. The molecule has 172 valence electrons. The van der Waals surface area contributed by atoms with Gasteiger partial charge in [-0.25, -0.2) is 31.3 Å². The fraction of sp³-hybridized carbons (Fsp3) is 0.316. The lowest BCUT2D eigenvalue weighted by molar-refractivity contribution is 0.0983. The SMILES string of the molecule is CC(C)[C@@H](C)Nc1c(-c2c(F)cc(F)cc2F)c(Cl)nc2c(C(=O)NS(C)(=O)=O)cnn12.